The Morgan fingerprint density at radius 3 is 2.55 bits per heavy atom. The summed E-state index contributed by atoms with van der Waals surface area (Å²) in [6.45, 7) is 7.99. The van der Waals surface area contributed by atoms with Gasteiger partial charge in [-0.15, -0.1) is 0 Å². The minimum atomic E-state index is -1.18. The zero-order chi connectivity index (χ0) is 15.7. The number of amides is 1. The molecule has 1 amide bonds. The highest BCUT2D eigenvalue weighted by molar-refractivity contribution is 6.07. The van der Waals surface area contributed by atoms with Crippen LogP contribution < -0.4 is 4.90 Å². The standard InChI is InChI=1S/C18H25NO3/c1-4-5-6-7-8-19-16-14(3)11-13(2)12-15(16)18(17(19)20)21-9-10-22-18/h11-12H,4-10H2,1-3H3. The molecule has 22 heavy (non-hydrogen) atoms. The van der Waals surface area contributed by atoms with Gasteiger partial charge in [0.25, 0.3) is 11.7 Å². The van der Waals surface area contributed by atoms with Crippen LogP contribution in [0.4, 0.5) is 5.69 Å². The molecule has 4 heteroatoms. The molecule has 0 radical (unpaired) electrons. The monoisotopic (exact) mass is 303 g/mol. The molecule has 0 atom stereocenters. The highest BCUT2D eigenvalue weighted by Gasteiger charge is 2.56. The Hall–Kier alpha value is -1.39. The molecule has 2 heterocycles. The van der Waals surface area contributed by atoms with Crippen LogP contribution in [0.5, 0.6) is 0 Å². The Morgan fingerprint density at radius 2 is 1.86 bits per heavy atom. The molecular formula is C18H25NO3. The summed E-state index contributed by atoms with van der Waals surface area (Å²) < 4.78 is 11.6. The number of anilines is 1. The maximum atomic E-state index is 13.0. The highest BCUT2D eigenvalue weighted by Crippen LogP contribution is 2.47. The van der Waals surface area contributed by atoms with E-state index in [4.69, 9.17) is 9.47 Å². The van der Waals surface area contributed by atoms with E-state index >= 15 is 0 Å². The van der Waals surface area contributed by atoms with Crippen LogP contribution in [-0.2, 0) is 20.1 Å². The van der Waals surface area contributed by atoms with E-state index < -0.39 is 5.79 Å². The van der Waals surface area contributed by atoms with Crippen LogP contribution in [0.3, 0.4) is 0 Å². The molecule has 3 rings (SSSR count). The minimum Gasteiger partial charge on any atom is -0.336 e. The summed E-state index contributed by atoms with van der Waals surface area (Å²) in [6, 6.07) is 4.16. The zero-order valence-corrected chi connectivity index (χ0v) is 13.8. The maximum Gasteiger partial charge on any atom is 0.292 e. The second-order valence-corrected chi connectivity index (χ2v) is 6.31. The van der Waals surface area contributed by atoms with Crippen molar-refractivity contribution in [3.63, 3.8) is 0 Å². The Kier molecular flexibility index (Phi) is 4.24. The van der Waals surface area contributed by atoms with E-state index in [2.05, 4.69) is 19.9 Å². The lowest BCUT2D eigenvalue weighted by atomic mass is 10.0. The minimum absolute atomic E-state index is 0.0507. The molecule has 0 aliphatic carbocycles. The van der Waals surface area contributed by atoms with Crippen molar-refractivity contribution in [2.75, 3.05) is 24.7 Å². The fourth-order valence-corrected chi connectivity index (χ4v) is 3.57. The van der Waals surface area contributed by atoms with Gasteiger partial charge in [-0.1, -0.05) is 37.8 Å². The van der Waals surface area contributed by atoms with Crippen molar-refractivity contribution in [1.82, 2.24) is 0 Å². The van der Waals surface area contributed by atoms with Crippen LogP contribution in [0.25, 0.3) is 0 Å². The molecule has 1 aromatic rings. The number of benzene rings is 1. The first-order valence-corrected chi connectivity index (χ1v) is 8.31. The maximum absolute atomic E-state index is 13.0. The normalized spacial score (nSPS) is 19.2. The average Bonchev–Trinajstić information content (AvgIpc) is 3.05. The van der Waals surface area contributed by atoms with Gasteiger partial charge in [-0.25, -0.2) is 0 Å². The summed E-state index contributed by atoms with van der Waals surface area (Å²) in [5.74, 6) is -1.23. The van der Waals surface area contributed by atoms with E-state index in [0.717, 1.165) is 41.8 Å². The molecular weight excluding hydrogens is 278 g/mol. The lowest BCUT2D eigenvalue weighted by molar-refractivity contribution is -0.180. The third-order valence-corrected chi connectivity index (χ3v) is 4.53. The van der Waals surface area contributed by atoms with Crippen molar-refractivity contribution in [1.29, 1.82) is 0 Å². The smallest absolute Gasteiger partial charge is 0.292 e. The van der Waals surface area contributed by atoms with Crippen molar-refractivity contribution < 1.29 is 14.3 Å². The predicted molar refractivity (Wildman–Crippen MR) is 86.0 cm³/mol. The van der Waals surface area contributed by atoms with Crippen molar-refractivity contribution >= 4 is 11.6 Å². The van der Waals surface area contributed by atoms with Crippen LogP contribution in [0.15, 0.2) is 12.1 Å². The number of hydrogen-bond acceptors (Lipinski definition) is 3. The molecule has 1 fully saturated rings. The van der Waals surface area contributed by atoms with Gasteiger partial charge < -0.3 is 14.4 Å². The number of carbonyl (C=O) groups excluding carboxylic acids is 1. The summed E-state index contributed by atoms with van der Waals surface area (Å²) >= 11 is 0. The van der Waals surface area contributed by atoms with Gasteiger partial charge in [-0.2, -0.15) is 0 Å². The summed E-state index contributed by atoms with van der Waals surface area (Å²) in [5.41, 5.74) is 4.14. The van der Waals surface area contributed by atoms with Gasteiger partial charge in [0.05, 0.1) is 18.9 Å². The fraction of sp³-hybridized carbons (Fsp3) is 0.611. The van der Waals surface area contributed by atoms with E-state index in [1.54, 1.807) is 0 Å². The van der Waals surface area contributed by atoms with E-state index in [9.17, 15) is 4.79 Å². The SMILES string of the molecule is CCCCCCN1C(=O)C2(OCCO2)c2cc(C)cc(C)c21. The topological polar surface area (TPSA) is 38.8 Å². The van der Waals surface area contributed by atoms with Crippen molar-refractivity contribution in [3.05, 3.63) is 28.8 Å². The van der Waals surface area contributed by atoms with Gasteiger partial charge in [0, 0.05) is 12.1 Å². The number of aryl methyl sites for hydroxylation is 2. The quantitative estimate of drug-likeness (QED) is 0.782. The van der Waals surface area contributed by atoms with E-state index in [-0.39, 0.29) is 5.91 Å². The fourth-order valence-electron chi connectivity index (χ4n) is 3.57. The number of nitrogens with zero attached hydrogens (tertiary/aromatic N) is 1. The second kappa shape index (κ2) is 6.01. The van der Waals surface area contributed by atoms with Crippen molar-refractivity contribution in [2.24, 2.45) is 0 Å². The van der Waals surface area contributed by atoms with Gasteiger partial charge in [0.15, 0.2) is 0 Å². The molecule has 120 valence electrons. The molecule has 0 unspecified atom stereocenters. The molecule has 2 aliphatic rings. The molecule has 1 saturated heterocycles. The van der Waals surface area contributed by atoms with Crippen LogP contribution in [0.2, 0.25) is 0 Å². The van der Waals surface area contributed by atoms with Crippen LogP contribution in [-0.4, -0.2) is 25.7 Å². The van der Waals surface area contributed by atoms with Gasteiger partial charge in [-0.05, 0) is 31.9 Å². The largest absolute Gasteiger partial charge is 0.336 e. The zero-order valence-electron chi connectivity index (χ0n) is 13.8. The van der Waals surface area contributed by atoms with Gasteiger partial charge in [-0.3, -0.25) is 4.79 Å². The highest BCUT2D eigenvalue weighted by atomic mass is 16.7. The molecule has 0 bridgehead atoms. The first kappa shape index (κ1) is 15.5. The molecule has 0 saturated carbocycles. The molecule has 0 aromatic heterocycles. The Bertz CT molecular complexity index is 576. The molecule has 0 N–H and O–H groups in total. The number of unbranched alkanes of at least 4 members (excludes halogenated alkanes) is 3. The first-order valence-electron chi connectivity index (χ1n) is 8.31. The molecule has 1 aromatic carbocycles. The Morgan fingerprint density at radius 1 is 1.14 bits per heavy atom. The molecule has 1 spiro atoms. The van der Waals surface area contributed by atoms with Gasteiger partial charge in [0.1, 0.15) is 0 Å². The summed E-state index contributed by atoms with van der Waals surface area (Å²) in [7, 11) is 0. The predicted octanol–water partition coefficient (Wildman–Crippen LogP) is 3.43. The summed E-state index contributed by atoms with van der Waals surface area (Å²) in [4.78, 5) is 14.9. The molecule has 2 aliphatic heterocycles. The average molecular weight is 303 g/mol. The number of ether oxygens (including phenoxy) is 2. The van der Waals surface area contributed by atoms with Gasteiger partial charge >= 0.3 is 0 Å². The lowest BCUT2D eigenvalue weighted by Gasteiger charge is -2.22. The summed E-state index contributed by atoms with van der Waals surface area (Å²) in [5, 5.41) is 0. The van der Waals surface area contributed by atoms with Crippen LogP contribution >= 0.6 is 0 Å². The number of fused-ring (bicyclic) bond motifs is 2. The Balaban J connectivity index is 1.95. The first-order chi connectivity index (χ1) is 10.6. The van der Waals surface area contributed by atoms with E-state index in [1.165, 1.54) is 12.8 Å². The lowest BCUT2D eigenvalue weighted by Crippen LogP contribution is -2.41. The molecule has 4 nitrogen and oxygen atoms in total. The number of carbonyl (C=O) groups is 1. The van der Waals surface area contributed by atoms with Crippen LogP contribution in [0.1, 0.15) is 49.3 Å². The van der Waals surface area contributed by atoms with Gasteiger partial charge in [0.2, 0.25) is 0 Å². The third-order valence-electron chi connectivity index (χ3n) is 4.53. The number of hydrogen-bond donors (Lipinski definition) is 0. The van der Waals surface area contributed by atoms with Crippen molar-refractivity contribution in [3.8, 4) is 0 Å². The summed E-state index contributed by atoms with van der Waals surface area (Å²) in [6.07, 6.45) is 4.57. The number of rotatable bonds is 5. The van der Waals surface area contributed by atoms with Crippen molar-refractivity contribution in [2.45, 2.75) is 52.2 Å². The third kappa shape index (κ3) is 2.34. The van der Waals surface area contributed by atoms with Crippen LogP contribution in [0, 0.1) is 13.8 Å². The second-order valence-electron chi connectivity index (χ2n) is 6.31. The van der Waals surface area contributed by atoms with E-state index in [1.807, 2.05) is 17.9 Å². The Labute approximate surface area is 132 Å². The van der Waals surface area contributed by atoms with E-state index in [0.29, 0.717) is 13.2 Å².